The zero-order valence-corrected chi connectivity index (χ0v) is 19.8. The maximum absolute atomic E-state index is 13.9. The third kappa shape index (κ3) is 5.90. The molecule has 0 bridgehead atoms. The quantitative estimate of drug-likeness (QED) is 0.570. The van der Waals surface area contributed by atoms with Gasteiger partial charge in [0.1, 0.15) is 11.6 Å². The van der Waals surface area contributed by atoms with Crippen molar-refractivity contribution >= 4 is 11.8 Å². The number of rotatable bonds is 7. The standard InChI is InChI=1S/C26H33FN2O4/c1-17(2)10-11-18-14-19-22(16-26(18,3)4)29(12-7-13-30)24(31)15-23(19)33-25(32)28-21-9-6-5-8-20(21)27/h5-6,8-10,15,18,30H,7,11-14,16H2,1-4H3,(H,28,32). The molecule has 3 rings (SSSR count). The number of nitrogens with one attached hydrogen (secondary N) is 1. The van der Waals surface area contributed by atoms with E-state index in [-0.39, 0.29) is 29.0 Å². The maximum atomic E-state index is 13.9. The molecule has 1 atom stereocenters. The molecule has 7 heteroatoms. The Balaban J connectivity index is 1.98. The number of halogens is 1. The summed E-state index contributed by atoms with van der Waals surface area (Å²) in [7, 11) is 0. The van der Waals surface area contributed by atoms with Crippen LogP contribution in [0.25, 0.3) is 0 Å². The third-order valence-electron chi connectivity index (χ3n) is 6.33. The van der Waals surface area contributed by atoms with Gasteiger partial charge in [-0.05, 0) is 63.0 Å². The van der Waals surface area contributed by atoms with Crippen molar-refractivity contribution in [2.45, 2.75) is 59.9 Å². The number of carbonyl (C=O) groups is 1. The number of ether oxygens (including phenoxy) is 1. The lowest BCUT2D eigenvalue weighted by molar-refractivity contribution is 0.182. The molecule has 1 aromatic carbocycles. The molecule has 0 aliphatic heterocycles. The van der Waals surface area contributed by atoms with Gasteiger partial charge >= 0.3 is 6.09 Å². The average molecular weight is 457 g/mol. The number of amides is 1. The summed E-state index contributed by atoms with van der Waals surface area (Å²) in [6, 6.07) is 7.15. The van der Waals surface area contributed by atoms with Gasteiger partial charge in [0.2, 0.25) is 0 Å². The lowest BCUT2D eigenvalue weighted by atomic mass is 9.66. The van der Waals surface area contributed by atoms with Gasteiger partial charge in [0.25, 0.3) is 5.56 Å². The Bertz CT molecular complexity index is 1100. The molecule has 1 unspecified atom stereocenters. The van der Waals surface area contributed by atoms with E-state index in [1.807, 2.05) is 0 Å². The van der Waals surface area contributed by atoms with E-state index in [9.17, 15) is 19.1 Å². The summed E-state index contributed by atoms with van der Waals surface area (Å²) in [5.41, 5.74) is 2.56. The first-order valence-electron chi connectivity index (χ1n) is 11.4. The second-order valence-corrected chi connectivity index (χ2v) is 9.58. The molecule has 6 nitrogen and oxygen atoms in total. The van der Waals surface area contributed by atoms with Crippen LogP contribution in [0.1, 0.15) is 51.8 Å². The van der Waals surface area contributed by atoms with E-state index in [0.717, 1.165) is 17.7 Å². The minimum absolute atomic E-state index is 0.00947. The summed E-state index contributed by atoms with van der Waals surface area (Å²) in [6.07, 6.45) is 4.00. The number of carbonyl (C=O) groups excluding carboxylic acids is 1. The minimum atomic E-state index is -0.847. The lowest BCUT2D eigenvalue weighted by Crippen LogP contribution is -2.38. The zero-order chi connectivity index (χ0) is 24.2. The molecule has 0 saturated heterocycles. The molecule has 1 aromatic heterocycles. The van der Waals surface area contributed by atoms with Crippen molar-refractivity contribution in [2.75, 3.05) is 11.9 Å². The van der Waals surface area contributed by atoms with Gasteiger partial charge in [0, 0.05) is 30.5 Å². The van der Waals surface area contributed by atoms with Crippen LogP contribution in [0.4, 0.5) is 14.9 Å². The van der Waals surface area contributed by atoms with Crippen molar-refractivity contribution in [2.24, 2.45) is 11.3 Å². The molecule has 0 radical (unpaired) electrons. The highest BCUT2D eigenvalue weighted by Crippen LogP contribution is 2.44. The number of allylic oxidation sites excluding steroid dienone is 2. The summed E-state index contributed by atoms with van der Waals surface area (Å²) in [6.45, 7) is 8.90. The van der Waals surface area contributed by atoms with E-state index in [4.69, 9.17) is 4.74 Å². The largest absolute Gasteiger partial charge is 0.417 e. The fraction of sp³-hybridized carbons (Fsp3) is 0.462. The van der Waals surface area contributed by atoms with Crippen molar-refractivity contribution in [3.05, 3.63) is 69.4 Å². The number of fused-ring (bicyclic) bond motifs is 1. The Hall–Kier alpha value is -2.93. The topological polar surface area (TPSA) is 80.6 Å². The van der Waals surface area contributed by atoms with E-state index in [0.29, 0.717) is 31.7 Å². The highest BCUT2D eigenvalue weighted by atomic mass is 19.1. The van der Waals surface area contributed by atoms with Crippen LogP contribution in [0.15, 0.2) is 46.8 Å². The lowest BCUT2D eigenvalue weighted by Gasteiger charge is -2.41. The van der Waals surface area contributed by atoms with E-state index in [2.05, 4.69) is 39.1 Å². The first-order valence-corrected chi connectivity index (χ1v) is 11.4. The summed E-state index contributed by atoms with van der Waals surface area (Å²) in [5, 5.41) is 11.7. The highest BCUT2D eigenvalue weighted by molar-refractivity contribution is 5.86. The van der Waals surface area contributed by atoms with Crippen LogP contribution in [0.5, 0.6) is 5.75 Å². The third-order valence-corrected chi connectivity index (χ3v) is 6.33. The maximum Gasteiger partial charge on any atom is 0.417 e. The van der Waals surface area contributed by atoms with Crippen molar-refractivity contribution in [1.29, 1.82) is 0 Å². The van der Waals surface area contributed by atoms with Gasteiger partial charge in [-0.1, -0.05) is 37.6 Å². The second kappa shape index (κ2) is 10.3. The van der Waals surface area contributed by atoms with Gasteiger partial charge in [0.15, 0.2) is 0 Å². The van der Waals surface area contributed by atoms with Crippen LogP contribution < -0.4 is 15.6 Å². The summed E-state index contributed by atoms with van der Waals surface area (Å²) in [4.78, 5) is 25.5. The molecule has 2 aromatic rings. The highest BCUT2D eigenvalue weighted by Gasteiger charge is 2.38. The number of pyridine rings is 1. The minimum Gasteiger partial charge on any atom is -0.410 e. The van der Waals surface area contributed by atoms with E-state index < -0.39 is 11.9 Å². The molecular weight excluding hydrogens is 423 g/mol. The first-order chi connectivity index (χ1) is 15.6. The van der Waals surface area contributed by atoms with Gasteiger partial charge in [-0.3, -0.25) is 10.1 Å². The monoisotopic (exact) mass is 456 g/mol. The fourth-order valence-electron chi connectivity index (χ4n) is 4.38. The molecule has 1 amide bonds. The first kappa shape index (κ1) is 24.7. The van der Waals surface area contributed by atoms with E-state index in [1.54, 1.807) is 10.6 Å². The van der Waals surface area contributed by atoms with Crippen molar-refractivity contribution < 1.29 is 19.0 Å². The Morgan fingerprint density at radius 2 is 2.06 bits per heavy atom. The number of nitrogens with zero attached hydrogens (tertiary/aromatic N) is 1. The van der Waals surface area contributed by atoms with Gasteiger partial charge in [-0.2, -0.15) is 0 Å². The molecule has 0 saturated carbocycles. The molecule has 2 N–H and O–H groups in total. The Morgan fingerprint density at radius 1 is 1.33 bits per heavy atom. The Labute approximate surface area is 194 Å². The summed E-state index contributed by atoms with van der Waals surface area (Å²) >= 11 is 0. The van der Waals surface area contributed by atoms with Crippen LogP contribution in [0.2, 0.25) is 0 Å². The van der Waals surface area contributed by atoms with Gasteiger partial charge in [-0.15, -0.1) is 0 Å². The predicted octanol–water partition coefficient (Wildman–Crippen LogP) is 5.08. The number of aliphatic hydroxyl groups is 1. The number of anilines is 1. The number of aromatic nitrogens is 1. The van der Waals surface area contributed by atoms with Crippen molar-refractivity contribution in [3.8, 4) is 5.75 Å². The Kier molecular flexibility index (Phi) is 7.74. The molecule has 0 fully saturated rings. The van der Waals surface area contributed by atoms with Gasteiger partial charge in [0.05, 0.1) is 5.69 Å². The smallest absolute Gasteiger partial charge is 0.410 e. The molecule has 0 spiro atoms. The molecule has 1 heterocycles. The number of aliphatic hydroxyl groups excluding tert-OH is 1. The summed E-state index contributed by atoms with van der Waals surface area (Å²) in [5.74, 6) is -0.0677. The number of benzene rings is 1. The van der Waals surface area contributed by atoms with Gasteiger partial charge < -0.3 is 14.4 Å². The van der Waals surface area contributed by atoms with Crippen LogP contribution >= 0.6 is 0 Å². The average Bonchev–Trinajstić information content (AvgIpc) is 2.73. The van der Waals surface area contributed by atoms with Crippen molar-refractivity contribution in [1.82, 2.24) is 4.57 Å². The fourth-order valence-corrected chi connectivity index (χ4v) is 4.38. The molecular formula is C26H33FN2O4. The molecule has 1 aliphatic carbocycles. The number of hydrogen-bond acceptors (Lipinski definition) is 4. The Morgan fingerprint density at radius 3 is 2.73 bits per heavy atom. The normalized spacial score (nSPS) is 16.6. The number of hydrogen-bond donors (Lipinski definition) is 2. The SMILES string of the molecule is CC(C)=CCC1Cc2c(OC(=O)Nc3ccccc3F)cc(=O)n(CCCO)c2CC1(C)C. The number of para-hydroxylation sites is 1. The van der Waals surface area contributed by atoms with Crippen LogP contribution in [-0.2, 0) is 19.4 Å². The zero-order valence-electron chi connectivity index (χ0n) is 19.8. The predicted molar refractivity (Wildman–Crippen MR) is 127 cm³/mol. The van der Waals surface area contributed by atoms with E-state index >= 15 is 0 Å². The van der Waals surface area contributed by atoms with Crippen LogP contribution in [0.3, 0.4) is 0 Å². The van der Waals surface area contributed by atoms with E-state index in [1.165, 1.54) is 29.8 Å². The van der Waals surface area contributed by atoms with Crippen molar-refractivity contribution in [3.63, 3.8) is 0 Å². The molecule has 178 valence electrons. The van der Waals surface area contributed by atoms with Crippen LogP contribution in [0, 0.1) is 17.2 Å². The van der Waals surface area contributed by atoms with Gasteiger partial charge in [-0.25, -0.2) is 9.18 Å². The summed E-state index contributed by atoms with van der Waals surface area (Å²) < 4.78 is 21.2. The molecule has 1 aliphatic rings. The second-order valence-electron chi connectivity index (χ2n) is 9.58. The van der Waals surface area contributed by atoms with Crippen LogP contribution in [-0.4, -0.2) is 22.4 Å². The molecule has 33 heavy (non-hydrogen) atoms.